The van der Waals surface area contributed by atoms with Gasteiger partial charge < -0.3 is 10.1 Å². The number of anilines is 1. The largest absolute Gasteiger partial charge is 0.491 e. The van der Waals surface area contributed by atoms with Crippen molar-refractivity contribution in [2.75, 3.05) is 11.9 Å². The number of halogens is 2. The number of amides is 1. The summed E-state index contributed by atoms with van der Waals surface area (Å²) < 4.78 is 5.33. The highest BCUT2D eigenvalue weighted by Crippen LogP contribution is 2.37. The molecule has 14 heavy (non-hydrogen) atoms. The fourth-order valence-electron chi connectivity index (χ4n) is 1.24. The third kappa shape index (κ3) is 1.79. The van der Waals surface area contributed by atoms with Crippen LogP contribution in [0.2, 0.25) is 10.0 Å². The van der Waals surface area contributed by atoms with E-state index in [1.54, 1.807) is 12.1 Å². The van der Waals surface area contributed by atoms with Gasteiger partial charge in [0, 0.05) is 11.1 Å². The Morgan fingerprint density at radius 2 is 2.14 bits per heavy atom. The maximum absolute atomic E-state index is 11.2. The monoisotopic (exact) mass is 231 g/mol. The molecule has 1 N–H and O–H groups in total. The van der Waals surface area contributed by atoms with Gasteiger partial charge in [-0.3, -0.25) is 4.79 Å². The van der Waals surface area contributed by atoms with E-state index in [1.807, 2.05) is 0 Å². The molecule has 0 saturated heterocycles. The zero-order valence-corrected chi connectivity index (χ0v) is 8.65. The van der Waals surface area contributed by atoms with Gasteiger partial charge in [0.05, 0.1) is 18.1 Å². The molecule has 0 radical (unpaired) electrons. The molecule has 1 aliphatic rings. The maximum Gasteiger partial charge on any atom is 0.227 e. The van der Waals surface area contributed by atoms with Crippen LogP contribution in [-0.4, -0.2) is 12.5 Å². The van der Waals surface area contributed by atoms with Gasteiger partial charge in [0.2, 0.25) is 5.91 Å². The summed E-state index contributed by atoms with van der Waals surface area (Å²) in [7, 11) is 0. The van der Waals surface area contributed by atoms with Crippen molar-refractivity contribution in [1.29, 1.82) is 0 Å². The Kier molecular flexibility index (Phi) is 2.52. The Balaban J connectivity index is 2.50. The van der Waals surface area contributed by atoms with E-state index >= 15 is 0 Å². The zero-order valence-electron chi connectivity index (χ0n) is 7.14. The summed E-state index contributed by atoms with van der Waals surface area (Å²) in [5, 5.41) is 3.55. The summed E-state index contributed by atoms with van der Waals surface area (Å²) in [6.07, 6.45) is 0.322. The van der Waals surface area contributed by atoms with Crippen LogP contribution in [0.15, 0.2) is 12.1 Å². The predicted molar refractivity (Wildman–Crippen MR) is 55.2 cm³/mol. The molecule has 74 valence electrons. The Hall–Kier alpha value is -0.930. The highest BCUT2D eigenvalue weighted by molar-refractivity contribution is 6.37. The molecule has 0 atom stereocenters. The van der Waals surface area contributed by atoms with Crippen LogP contribution in [0.4, 0.5) is 5.69 Å². The lowest BCUT2D eigenvalue weighted by atomic mass is 10.3. The van der Waals surface area contributed by atoms with Gasteiger partial charge in [-0.2, -0.15) is 0 Å². The van der Waals surface area contributed by atoms with Gasteiger partial charge in [-0.25, -0.2) is 0 Å². The standard InChI is InChI=1S/C9H7Cl2NO2/c10-5-3-6(11)9-7(4-5)14-2-1-8(13)12-9/h3-4H,1-2H2,(H,12,13). The second-order valence-electron chi connectivity index (χ2n) is 2.91. The molecule has 5 heteroatoms. The summed E-state index contributed by atoms with van der Waals surface area (Å²) in [6, 6.07) is 3.20. The van der Waals surface area contributed by atoms with E-state index in [0.29, 0.717) is 34.5 Å². The van der Waals surface area contributed by atoms with Gasteiger partial charge in [0.25, 0.3) is 0 Å². The molecule has 1 amide bonds. The van der Waals surface area contributed by atoms with Crippen molar-refractivity contribution in [3.05, 3.63) is 22.2 Å². The molecule has 0 saturated carbocycles. The lowest BCUT2D eigenvalue weighted by Crippen LogP contribution is -2.10. The van der Waals surface area contributed by atoms with E-state index in [2.05, 4.69) is 5.32 Å². The quantitative estimate of drug-likeness (QED) is 0.746. The van der Waals surface area contributed by atoms with E-state index in [9.17, 15) is 4.79 Å². The van der Waals surface area contributed by atoms with E-state index < -0.39 is 0 Å². The van der Waals surface area contributed by atoms with Crippen molar-refractivity contribution in [1.82, 2.24) is 0 Å². The summed E-state index contributed by atoms with van der Waals surface area (Å²) in [5.41, 5.74) is 0.499. The van der Waals surface area contributed by atoms with Crippen molar-refractivity contribution in [3.8, 4) is 5.75 Å². The van der Waals surface area contributed by atoms with E-state index in [0.717, 1.165) is 0 Å². The van der Waals surface area contributed by atoms with Gasteiger partial charge in [0.1, 0.15) is 11.4 Å². The van der Waals surface area contributed by atoms with Gasteiger partial charge >= 0.3 is 0 Å². The molecule has 2 rings (SSSR count). The molecule has 0 fully saturated rings. The minimum Gasteiger partial charge on any atom is -0.491 e. The molecular formula is C9H7Cl2NO2. The van der Waals surface area contributed by atoms with Crippen LogP contribution in [-0.2, 0) is 4.79 Å². The van der Waals surface area contributed by atoms with Crippen LogP contribution in [0.1, 0.15) is 6.42 Å². The number of rotatable bonds is 0. The predicted octanol–water partition coefficient (Wildman–Crippen LogP) is 2.71. The second-order valence-corrected chi connectivity index (χ2v) is 3.75. The Bertz CT molecular complexity index is 393. The van der Waals surface area contributed by atoms with E-state index in [1.165, 1.54) is 0 Å². The second kappa shape index (κ2) is 3.67. The molecule has 0 unspecified atom stereocenters. The molecule has 0 aliphatic carbocycles. The van der Waals surface area contributed by atoms with Crippen molar-refractivity contribution in [3.63, 3.8) is 0 Å². The number of hydrogen-bond acceptors (Lipinski definition) is 2. The van der Waals surface area contributed by atoms with Gasteiger partial charge in [-0.15, -0.1) is 0 Å². The third-order valence-corrected chi connectivity index (χ3v) is 2.39. The lowest BCUT2D eigenvalue weighted by Gasteiger charge is -2.08. The number of hydrogen-bond donors (Lipinski definition) is 1. The van der Waals surface area contributed by atoms with Crippen molar-refractivity contribution in [2.24, 2.45) is 0 Å². The summed E-state index contributed by atoms with van der Waals surface area (Å²) in [4.78, 5) is 11.2. The number of ether oxygens (including phenoxy) is 1. The molecule has 1 aromatic rings. The minimum absolute atomic E-state index is 0.104. The average molecular weight is 232 g/mol. The number of fused-ring (bicyclic) bond motifs is 1. The summed E-state index contributed by atoms with van der Waals surface area (Å²) >= 11 is 11.7. The maximum atomic E-state index is 11.2. The first-order valence-corrected chi connectivity index (χ1v) is 4.84. The molecule has 0 aromatic heterocycles. The number of carbonyl (C=O) groups excluding carboxylic acids is 1. The summed E-state index contributed by atoms with van der Waals surface area (Å²) in [6.45, 7) is 0.343. The normalized spacial score (nSPS) is 15.1. The Morgan fingerprint density at radius 3 is 2.93 bits per heavy atom. The highest BCUT2D eigenvalue weighted by Gasteiger charge is 2.17. The van der Waals surface area contributed by atoms with Gasteiger partial charge in [-0.1, -0.05) is 23.2 Å². The molecular weight excluding hydrogens is 225 g/mol. The van der Waals surface area contributed by atoms with Crippen LogP contribution in [0.3, 0.4) is 0 Å². The van der Waals surface area contributed by atoms with E-state index in [4.69, 9.17) is 27.9 Å². The fraction of sp³-hybridized carbons (Fsp3) is 0.222. The summed E-state index contributed by atoms with van der Waals surface area (Å²) in [5.74, 6) is 0.418. The first-order valence-electron chi connectivity index (χ1n) is 4.08. The molecule has 0 bridgehead atoms. The van der Waals surface area contributed by atoms with Gasteiger partial charge in [0.15, 0.2) is 0 Å². The first-order chi connectivity index (χ1) is 6.66. The topological polar surface area (TPSA) is 38.3 Å². The fourth-order valence-corrected chi connectivity index (χ4v) is 1.76. The zero-order chi connectivity index (χ0) is 10.1. The van der Waals surface area contributed by atoms with Crippen LogP contribution in [0, 0.1) is 0 Å². The Labute approximate surface area is 91.0 Å². The molecule has 1 aliphatic heterocycles. The lowest BCUT2D eigenvalue weighted by molar-refractivity contribution is -0.116. The number of benzene rings is 1. The third-order valence-electron chi connectivity index (χ3n) is 1.87. The molecule has 3 nitrogen and oxygen atoms in total. The number of nitrogens with one attached hydrogen (secondary N) is 1. The highest BCUT2D eigenvalue weighted by atomic mass is 35.5. The van der Waals surface area contributed by atoms with Crippen molar-refractivity contribution in [2.45, 2.75) is 6.42 Å². The van der Waals surface area contributed by atoms with Crippen LogP contribution in [0.5, 0.6) is 5.75 Å². The smallest absolute Gasteiger partial charge is 0.227 e. The average Bonchev–Trinajstić information content (AvgIpc) is 2.27. The Morgan fingerprint density at radius 1 is 1.36 bits per heavy atom. The minimum atomic E-state index is -0.104. The van der Waals surface area contributed by atoms with Crippen molar-refractivity contribution >= 4 is 34.8 Å². The van der Waals surface area contributed by atoms with Crippen molar-refractivity contribution < 1.29 is 9.53 Å². The van der Waals surface area contributed by atoms with E-state index in [-0.39, 0.29) is 5.91 Å². The molecule has 1 heterocycles. The van der Waals surface area contributed by atoms with Crippen LogP contribution >= 0.6 is 23.2 Å². The number of carbonyl (C=O) groups is 1. The SMILES string of the molecule is O=C1CCOc2cc(Cl)cc(Cl)c2N1. The molecule has 0 spiro atoms. The van der Waals surface area contributed by atoms with Crippen LogP contribution in [0.25, 0.3) is 0 Å². The van der Waals surface area contributed by atoms with Gasteiger partial charge in [-0.05, 0) is 6.07 Å². The first kappa shape index (κ1) is 9.62. The molecule has 1 aromatic carbocycles. The van der Waals surface area contributed by atoms with Crippen LogP contribution < -0.4 is 10.1 Å².